The summed E-state index contributed by atoms with van der Waals surface area (Å²) in [7, 11) is 1.63. The fraction of sp³-hybridized carbons (Fsp3) is 0.114. The first-order valence-electron chi connectivity index (χ1n) is 13.8. The van der Waals surface area contributed by atoms with Crippen molar-refractivity contribution >= 4 is 23.2 Å². The van der Waals surface area contributed by atoms with Crippen LogP contribution in [0.1, 0.15) is 21.6 Å². The topological polar surface area (TPSA) is 59.7 Å². The van der Waals surface area contributed by atoms with Gasteiger partial charge in [-0.25, -0.2) is 9.50 Å². The fourth-order valence-corrected chi connectivity index (χ4v) is 5.14. The molecular weight excluding hydrogens is 544 g/mol. The van der Waals surface area contributed by atoms with Crippen molar-refractivity contribution in [3.05, 3.63) is 143 Å². The SMILES string of the molecule is COc1ccccc1-c1cc(C(=O)N(CCc2ccccc2)Cc2ccccc2)n2nc(-c3ccc(Cl)cc3)cc2n1. The monoisotopic (exact) mass is 572 g/mol. The number of nitrogens with zero attached hydrogens (tertiary/aromatic N) is 4. The molecule has 6 aromatic rings. The van der Waals surface area contributed by atoms with Crippen molar-refractivity contribution in [3.8, 4) is 28.3 Å². The lowest BCUT2D eigenvalue weighted by Gasteiger charge is -2.24. The predicted molar refractivity (Wildman–Crippen MR) is 167 cm³/mol. The average Bonchev–Trinajstić information content (AvgIpc) is 3.48. The molecular formula is C35H29ClN4O2. The van der Waals surface area contributed by atoms with E-state index >= 15 is 0 Å². The number of aromatic nitrogens is 3. The number of para-hydroxylation sites is 1. The van der Waals surface area contributed by atoms with Crippen LogP contribution in [0.4, 0.5) is 0 Å². The van der Waals surface area contributed by atoms with Crippen molar-refractivity contribution in [1.82, 2.24) is 19.5 Å². The van der Waals surface area contributed by atoms with Gasteiger partial charge in [-0.1, -0.05) is 96.5 Å². The summed E-state index contributed by atoms with van der Waals surface area (Å²) in [6.07, 6.45) is 0.724. The van der Waals surface area contributed by atoms with Gasteiger partial charge in [-0.05, 0) is 47.9 Å². The predicted octanol–water partition coefficient (Wildman–Crippen LogP) is 7.61. The Hall–Kier alpha value is -4.94. The highest BCUT2D eigenvalue weighted by Gasteiger charge is 2.23. The second-order valence-electron chi connectivity index (χ2n) is 9.98. The van der Waals surface area contributed by atoms with Crippen molar-refractivity contribution in [2.24, 2.45) is 0 Å². The molecule has 0 aliphatic carbocycles. The van der Waals surface area contributed by atoms with Crippen LogP contribution in [-0.2, 0) is 13.0 Å². The number of methoxy groups -OCH3 is 1. The Labute approximate surface area is 249 Å². The van der Waals surface area contributed by atoms with Crippen LogP contribution >= 0.6 is 11.6 Å². The molecule has 0 spiro atoms. The number of ether oxygens (including phenoxy) is 1. The number of rotatable bonds is 9. The van der Waals surface area contributed by atoms with E-state index < -0.39 is 0 Å². The Kier molecular flexibility index (Phi) is 7.97. The summed E-state index contributed by atoms with van der Waals surface area (Å²) in [4.78, 5) is 21.3. The Morgan fingerprint density at radius 3 is 2.19 bits per heavy atom. The third-order valence-electron chi connectivity index (χ3n) is 7.19. The number of carbonyl (C=O) groups excluding carboxylic acids is 1. The summed E-state index contributed by atoms with van der Waals surface area (Å²) in [5.74, 6) is 0.541. The van der Waals surface area contributed by atoms with E-state index in [1.54, 1.807) is 11.6 Å². The second kappa shape index (κ2) is 12.3. The molecule has 2 aromatic heterocycles. The Morgan fingerprint density at radius 1 is 0.810 bits per heavy atom. The van der Waals surface area contributed by atoms with Gasteiger partial charge in [0.1, 0.15) is 11.4 Å². The molecule has 6 rings (SSSR count). The van der Waals surface area contributed by atoms with Crippen LogP contribution in [0.25, 0.3) is 28.2 Å². The lowest BCUT2D eigenvalue weighted by Crippen LogP contribution is -2.34. The molecule has 0 bridgehead atoms. The first-order valence-corrected chi connectivity index (χ1v) is 14.1. The molecule has 0 aliphatic rings. The summed E-state index contributed by atoms with van der Waals surface area (Å²) >= 11 is 6.14. The molecule has 2 heterocycles. The van der Waals surface area contributed by atoms with Crippen LogP contribution in [0.2, 0.25) is 5.02 Å². The van der Waals surface area contributed by atoms with E-state index in [4.69, 9.17) is 26.4 Å². The van der Waals surface area contributed by atoms with E-state index in [0.29, 0.717) is 46.6 Å². The van der Waals surface area contributed by atoms with Crippen molar-refractivity contribution in [1.29, 1.82) is 0 Å². The third kappa shape index (κ3) is 5.90. The maximum atomic E-state index is 14.5. The van der Waals surface area contributed by atoms with Gasteiger partial charge in [-0.3, -0.25) is 4.79 Å². The van der Waals surface area contributed by atoms with Crippen LogP contribution in [0.3, 0.4) is 0 Å². The number of fused-ring (bicyclic) bond motifs is 1. The van der Waals surface area contributed by atoms with Gasteiger partial charge in [-0.15, -0.1) is 0 Å². The minimum Gasteiger partial charge on any atom is -0.496 e. The maximum absolute atomic E-state index is 14.5. The van der Waals surface area contributed by atoms with Crippen LogP contribution in [0.5, 0.6) is 5.75 Å². The molecule has 7 heteroatoms. The van der Waals surface area contributed by atoms with Crippen LogP contribution in [-0.4, -0.2) is 39.1 Å². The highest BCUT2D eigenvalue weighted by molar-refractivity contribution is 6.30. The van der Waals surface area contributed by atoms with Gasteiger partial charge in [0.25, 0.3) is 5.91 Å². The van der Waals surface area contributed by atoms with Crippen molar-refractivity contribution in [2.45, 2.75) is 13.0 Å². The molecule has 0 unspecified atom stereocenters. The number of hydrogen-bond donors (Lipinski definition) is 0. The number of amides is 1. The van der Waals surface area contributed by atoms with Gasteiger partial charge < -0.3 is 9.64 Å². The van der Waals surface area contributed by atoms with Gasteiger partial charge in [0.05, 0.1) is 18.5 Å². The zero-order valence-electron chi connectivity index (χ0n) is 23.2. The lowest BCUT2D eigenvalue weighted by atomic mass is 10.1. The minimum absolute atomic E-state index is 0.135. The smallest absolute Gasteiger partial charge is 0.272 e. The van der Waals surface area contributed by atoms with Crippen molar-refractivity contribution in [3.63, 3.8) is 0 Å². The fourth-order valence-electron chi connectivity index (χ4n) is 5.01. The van der Waals surface area contributed by atoms with Crippen molar-refractivity contribution < 1.29 is 9.53 Å². The van der Waals surface area contributed by atoms with Gasteiger partial charge in [0, 0.05) is 35.3 Å². The molecule has 0 radical (unpaired) electrons. The number of carbonyl (C=O) groups is 1. The first kappa shape index (κ1) is 27.2. The maximum Gasteiger partial charge on any atom is 0.272 e. The standard InChI is InChI=1S/C35H29ClN4O2/c1-42-33-15-9-8-14-29(33)31-22-32(40-34(37-31)23-30(38-40)27-16-18-28(36)19-17-27)35(41)39(24-26-12-6-3-7-13-26)21-20-25-10-4-2-5-11-25/h2-19,22-23H,20-21,24H2,1H3. The highest BCUT2D eigenvalue weighted by atomic mass is 35.5. The van der Waals surface area contributed by atoms with E-state index in [-0.39, 0.29) is 5.91 Å². The molecule has 0 aliphatic heterocycles. The van der Waals surface area contributed by atoms with E-state index in [1.807, 2.05) is 114 Å². The largest absolute Gasteiger partial charge is 0.496 e. The highest BCUT2D eigenvalue weighted by Crippen LogP contribution is 2.31. The molecule has 6 nitrogen and oxygen atoms in total. The van der Waals surface area contributed by atoms with Crippen LogP contribution in [0, 0.1) is 0 Å². The van der Waals surface area contributed by atoms with Crippen LogP contribution < -0.4 is 4.74 Å². The Morgan fingerprint density at radius 2 is 1.48 bits per heavy atom. The molecule has 1 amide bonds. The van der Waals surface area contributed by atoms with E-state index in [0.717, 1.165) is 23.1 Å². The van der Waals surface area contributed by atoms with Gasteiger partial charge >= 0.3 is 0 Å². The first-order chi connectivity index (χ1) is 20.6. The quantitative estimate of drug-likeness (QED) is 0.179. The normalized spacial score (nSPS) is 11.0. The van der Waals surface area contributed by atoms with Gasteiger partial charge in [0.15, 0.2) is 5.65 Å². The zero-order chi connectivity index (χ0) is 28.9. The lowest BCUT2D eigenvalue weighted by molar-refractivity contribution is 0.0736. The van der Waals surface area contributed by atoms with E-state index in [1.165, 1.54) is 5.56 Å². The van der Waals surface area contributed by atoms with E-state index in [9.17, 15) is 4.79 Å². The molecule has 0 saturated heterocycles. The minimum atomic E-state index is -0.135. The number of benzene rings is 4. The second-order valence-corrected chi connectivity index (χ2v) is 10.4. The summed E-state index contributed by atoms with van der Waals surface area (Å²) in [5, 5.41) is 5.49. The van der Waals surface area contributed by atoms with Gasteiger partial charge in [0.2, 0.25) is 0 Å². The Bertz CT molecular complexity index is 1820. The van der Waals surface area contributed by atoms with E-state index in [2.05, 4.69) is 12.1 Å². The zero-order valence-corrected chi connectivity index (χ0v) is 23.9. The summed E-state index contributed by atoms with van der Waals surface area (Å²) in [6.45, 7) is 1.00. The van der Waals surface area contributed by atoms with Crippen LogP contribution in [0.15, 0.2) is 121 Å². The molecule has 0 fully saturated rings. The number of halogens is 1. The molecule has 0 atom stereocenters. The molecule has 4 aromatic carbocycles. The van der Waals surface area contributed by atoms with Crippen molar-refractivity contribution in [2.75, 3.05) is 13.7 Å². The Balaban J connectivity index is 1.47. The summed E-state index contributed by atoms with van der Waals surface area (Å²) in [5.41, 5.74) is 6.22. The molecule has 208 valence electrons. The molecule has 42 heavy (non-hydrogen) atoms. The average molecular weight is 573 g/mol. The molecule has 0 N–H and O–H groups in total. The summed E-state index contributed by atoms with van der Waals surface area (Å²) in [6, 6.07) is 39.1. The third-order valence-corrected chi connectivity index (χ3v) is 7.44. The van der Waals surface area contributed by atoms with Gasteiger partial charge in [-0.2, -0.15) is 5.10 Å². The number of hydrogen-bond acceptors (Lipinski definition) is 4. The molecule has 0 saturated carbocycles. The summed E-state index contributed by atoms with van der Waals surface area (Å²) < 4.78 is 7.29.